The molecule has 3 heterocycles. The maximum atomic E-state index is 14.9. The van der Waals surface area contributed by atoms with E-state index in [9.17, 15) is 64.6 Å². The number of nitrogens with two attached hydrogens (primary N) is 3. The molecule has 0 saturated carbocycles. The quantitative estimate of drug-likeness (QED) is 0.00552. The number of nitrogens with one attached hydrogen (secondary N) is 7. The molecule has 7 amide bonds. The van der Waals surface area contributed by atoms with Crippen LogP contribution in [0.4, 0.5) is 11.4 Å². The second kappa shape index (κ2) is 39.9. The van der Waals surface area contributed by atoms with Gasteiger partial charge < -0.3 is 69.3 Å². The summed E-state index contributed by atoms with van der Waals surface area (Å²) in [6.07, 6.45) is 17.8. The molecule has 31 heteroatoms. The first-order valence-corrected chi connectivity index (χ1v) is 40.7. The van der Waals surface area contributed by atoms with E-state index < -0.39 is 91.3 Å². The highest BCUT2D eigenvalue weighted by Crippen LogP contribution is 2.49. The Labute approximate surface area is 650 Å². The first kappa shape index (κ1) is 86.1. The van der Waals surface area contributed by atoms with Crippen LogP contribution < -0.4 is 59.3 Å². The van der Waals surface area contributed by atoms with Gasteiger partial charge in [0.1, 0.15) is 37.0 Å². The lowest BCUT2D eigenvalue weighted by molar-refractivity contribution is -0.401. The Morgan fingerprint density at radius 1 is 0.613 bits per heavy atom. The van der Waals surface area contributed by atoms with E-state index in [4.69, 9.17) is 17.2 Å². The third kappa shape index (κ3) is 24.7. The standard InChI is InChI=1S/C80H107N15O14S2/c1-53-73(100)91-63(26-23-43-85-77(81)82)75(102)92-64(48-55-30-33-56-24-16-17-25-57(56)46-55)74(101)89-52-72(99)90-65(47-54-31-34-58(96)35-32-54)76(103)94(53)44-21-10-9-20-42-87-78(83)86-41-19-8-7-18-40-84-71(98)51-88-70(97)29-15-12-22-45-95-67-39-37-60(111(107,108)109)50-62(67)80(4,5)69(95)28-14-11-13-27-68-79(2,3)61-49-59(110(104,105)106)36-38-66(61)93(68)6/h11,13-14,16-17,24-25,27-28,30-39,46,49-50,53,63-65H,7-10,12,15,18-23,26,29,40-45,47-48,51-52H2,1-6H3,(H15-,81,82,83,84,85,86,87,88,89,90,91,92,96,97,98,99,100,101,102,104,105,106,107,108,109)/p+1/t53-,63+,64+,65-/m1/s1. The molecule has 598 valence electrons. The summed E-state index contributed by atoms with van der Waals surface area (Å²) in [5, 5.41) is 31.8. The average Bonchev–Trinajstić information content (AvgIpc) is 1.60. The van der Waals surface area contributed by atoms with Crippen molar-refractivity contribution in [3.8, 4) is 5.75 Å². The van der Waals surface area contributed by atoms with E-state index in [2.05, 4.69) is 52.1 Å². The van der Waals surface area contributed by atoms with E-state index in [0.717, 1.165) is 82.4 Å². The van der Waals surface area contributed by atoms with Crippen LogP contribution in [0.3, 0.4) is 0 Å². The second-order valence-electron chi connectivity index (χ2n) is 29.3. The van der Waals surface area contributed by atoms with Gasteiger partial charge in [0.15, 0.2) is 17.6 Å². The molecule has 5 aromatic rings. The molecule has 0 spiro atoms. The number of amides is 7. The minimum atomic E-state index is -4.48. The van der Waals surface area contributed by atoms with E-state index in [-0.39, 0.29) is 85.1 Å². The maximum absolute atomic E-state index is 14.9. The molecule has 8 rings (SSSR count). The van der Waals surface area contributed by atoms with Gasteiger partial charge >= 0.3 is 0 Å². The van der Waals surface area contributed by atoms with Crippen LogP contribution in [0.1, 0.15) is 147 Å². The number of allylic oxidation sites excluding steroid dienone is 6. The summed E-state index contributed by atoms with van der Waals surface area (Å²) in [7, 11) is -6.98. The van der Waals surface area contributed by atoms with Gasteiger partial charge in [0.2, 0.25) is 47.0 Å². The number of nitrogens with zero attached hydrogens (tertiary/aromatic N) is 5. The highest BCUT2D eigenvalue weighted by molar-refractivity contribution is 7.86. The van der Waals surface area contributed by atoms with Crippen LogP contribution >= 0.6 is 0 Å². The first-order valence-electron chi connectivity index (χ1n) is 37.8. The van der Waals surface area contributed by atoms with Gasteiger partial charge in [0.25, 0.3) is 20.2 Å². The Bertz CT molecular complexity index is 4610. The summed E-state index contributed by atoms with van der Waals surface area (Å²) in [6, 6.07) is 23.9. The molecule has 111 heavy (non-hydrogen) atoms. The monoisotopic (exact) mass is 1570 g/mol. The lowest BCUT2D eigenvalue weighted by Crippen LogP contribution is -2.58. The fraction of sp³-hybridized carbons (Fsp3) is 0.450. The van der Waals surface area contributed by atoms with E-state index in [1.807, 2.05) is 112 Å². The summed E-state index contributed by atoms with van der Waals surface area (Å²) >= 11 is 0. The predicted octanol–water partition coefficient (Wildman–Crippen LogP) is 6.00. The number of carbonyl (C=O) groups excluding carboxylic acids is 7. The van der Waals surface area contributed by atoms with E-state index >= 15 is 0 Å². The normalized spacial score (nSPS) is 18.8. The number of carbonyl (C=O) groups is 7. The molecule has 0 aliphatic carbocycles. The molecular formula is C80H108N15O14S2+. The number of phenolic OH excluding ortho intramolecular Hbond substituents is 1. The SMILES string of the molecule is C[C@@H]1C(=O)N[C@@H](CCCN=C(N)N)C(=O)N[C@@H](Cc2ccc3ccccc3c2)C(=O)NCC(=O)N[C@H](Cc2ccc(O)cc2)C(=O)N1CCCCCCNC(N)=NCCCCCCNC(=O)CNC(=O)CCCCCN1/C(=C/C=C/C=C/C2=[N+](C)c3ccc(S(=O)(=O)O)cc3C2(C)C)C(C)(C)c2cc(S(=O)(=O)O)ccc21. The predicted molar refractivity (Wildman–Crippen MR) is 428 cm³/mol. The number of benzene rings is 5. The van der Waals surface area contributed by atoms with E-state index in [1.165, 1.54) is 41.3 Å². The number of aliphatic imine (C=N–C) groups is 2. The second-order valence-corrected chi connectivity index (χ2v) is 32.1. The molecule has 0 unspecified atom stereocenters. The molecule has 3 aliphatic heterocycles. The Morgan fingerprint density at radius 2 is 1.23 bits per heavy atom. The smallest absolute Gasteiger partial charge is 0.294 e. The molecule has 0 aromatic heterocycles. The number of hydrogen-bond acceptors (Lipinski definition) is 15. The summed E-state index contributed by atoms with van der Waals surface area (Å²) in [5.74, 6) is -3.61. The van der Waals surface area contributed by atoms with Crippen molar-refractivity contribution in [2.75, 3.05) is 64.3 Å². The van der Waals surface area contributed by atoms with Crippen molar-refractivity contribution in [1.29, 1.82) is 0 Å². The Hall–Kier alpha value is -10.5. The number of guanidine groups is 2. The molecule has 29 nitrogen and oxygen atoms in total. The van der Waals surface area contributed by atoms with Crippen LogP contribution in [0.5, 0.6) is 5.75 Å². The number of phenols is 1. The molecule has 3 aliphatic rings. The van der Waals surface area contributed by atoms with Crippen molar-refractivity contribution >= 4 is 101 Å². The molecule has 16 N–H and O–H groups in total. The van der Waals surface area contributed by atoms with Crippen LogP contribution in [0.25, 0.3) is 10.8 Å². The number of unbranched alkanes of at least 4 members (excludes halogenated alkanes) is 8. The van der Waals surface area contributed by atoms with Crippen LogP contribution in [0.2, 0.25) is 0 Å². The average molecular weight is 1570 g/mol. The molecule has 1 saturated heterocycles. The molecule has 1 fully saturated rings. The van der Waals surface area contributed by atoms with Gasteiger partial charge in [-0.2, -0.15) is 21.4 Å². The number of hydrogen-bond donors (Lipinski definition) is 13. The summed E-state index contributed by atoms with van der Waals surface area (Å²) in [5.41, 5.74) is 22.4. The lowest BCUT2D eigenvalue weighted by atomic mass is 9.81. The number of anilines is 1. The van der Waals surface area contributed by atoms with Crippen LogP contribution in [-0.2, 0) is 77.5 Å². The van der Waals surface area contributed by atoms with E-state index in [0.29, 0.717) is 76.2 Å². The minimum Gasteiger partial charge on any atom is -0.508 e. The fourth-order valence-corrected chi connectivity index (χ4v) is 15.1. The molecule has 0 radical (unpaired) electrons. The van der Waals surface area contributed by atoms with Crippen LogP contribution in [0, 0.1) is 0 Å². The highest BCUT2D eigenvalue weighted by Gasteiger charge is 2.44. The zero-order chi connectivity index (χ0) is 80.6. The summed E-state index contributed by atoms with van der Waals surface area (Å²) < 4.78 is 70.0. The fourth-order valence-electron chi connectivity index (χ4n) is 14.1. The third-order valence-electron chi connectivity index (χ3n) is 20.3. The summed E-state index contributed by atoms with van der Waals surface area (Å²) in [6.45, 7) is 11.1. The molecule has 5 aromatic carbocycles. The molecule has 4 atom stereocenters. The Kier molecular flexibility index (Phi) is 31.0. The number of aromatic hydroxyl groups is 1. The Balaban J connectivity index is 0.736. The van der Waals surface area contributed by atoms with Gasteiger partial charge in [0, 0.05) is 93.0 Å². The summed E-state index contributed by atoms with van der Waals surface area (Å²) in [4.78, 5) is 109. The molecular weight excluding hydrogens is 1460 g/mol. The first-order chi connectivity index (χ1) is 52.7. The molecule has 0 bridgehead atoms. The number of rotatable bonds is 35. The van der Waals surface area contributed by atoms with Crippen molar-refractivity contribution in [1.82, 2.24) is 42.1 Å². The van der Waals surface area contributed by atoms with E-state index in [1.54, 1.807) is 31.2 Å². The van der Waals surface area contributed by atoms with Crippen LogP contribution in [0.15, 0.2) is 159 Å². The largest absolute Gasteiger partial charge is 0.508 e. The van der Waals surface area contributed by atoms with Crippen molar-refractivity contribution in [3.05, 3.63) is 161 Å². The van der Waals surface area contributed by atoms with Gasteiger partial charge in [-0.1, -0.05) is 119 Å². The Morgan fingerprint density at radius 3 is 1.95 bits per heavy atom. The maximum Gasteiger partial charge on any atom is 0.294 e. The van der Waals surface area contributed by atoms with Crippen molar-refractivity contribution in [2.24, 2.45) is 27.2 Å². The highest BCUT2D eigenvalue weighted by atomic mass is 32.2. The zero-order valence-electron chi connectivity index (χ0n) is 64.1. The topological polar surface area (TPSA) is 445 Å². The van der Waals surface area contributed by atoms with Gasteiger partial charge in [0.05, 0.1) is 28.3 Å². The number of fused-ring (bicyclic) bond motifs is 3. The van der Waals surface area contributed by atoms with Gasteiger partial charge in [-0.05, 0) is 148 Å². The van der Waals surface area contributed by atoms with Crippen molar-refractivity contribution in [2.45, 2.75) is 182 Å². The third-order valence-corrected chi connectivity index (χ3v) is 22.0. The van der Waals surface area contributed by atoms with Crippen molar-refractivity contribution in [3.63, 3.8) is 0 Å². The minimum absolute atomic E-state index is 0.00143. The van der Waals surface area contributed by atoms with Crippen LogP contribution in [-0.4, -0.2) is 183 Å². The van der Waals surface area contributed by atoms with Gasteiger partial charge in [-0.15, -0.1) is 0 Å². The van der Waals surface area contributed by atoms with Crippen molar-refractivity contribution < 1.29 is 69.2 Å². The van der Waals surface area contributed by atoms with Gasteiger partial charge in [-0.3, -0.25) is 52.7 Å². The lowest BCUT2D eigenvalue weighted by Gasteiger charge is -2.33. The van der Waals surface area contributed by atoms with Gasteiger partial charge in [-0.25, -0.2) is 0 Å². The zero-order valence-corrected chi connectivity index (χ0v) is 65.7.